The Kier molecular flexibility index (Phi) is 3.29. The van der Waals surface area contributed by atoms with Crippen LogP contribution in [0.5, 0.6) is 0 Å². The fraction of sp³-hybridized carbons (Fsp3) is 0.667. The van der Waals surface area contributed by atoms with E-state index in [1.807, 2.05) is 0 Å². The van der Waals surface area contributed by atoms with Crippen LogP contribution < -0.4 is 0 Å². The number of fused-ring (bicyclic) bond motifs is 3. The molecule has 0 aromatic rings. The zero-order chi connectivity index (χ0) is 16.3. The van der Waals surface area contributed by atoms with Gasteiger partial charge in [-0.2, -0.15) is 0 Å². The maximum Gasteiger partial charge on any atom is 0.342 e. The normalized spacial score (nSPS) is 44.9. The summed E-state index contributed by atoms with van der Waals surface area (Å²) in [4.78, 5) is 11.8. The van der Waals surface area contributed by atoms with Crippen LogP contribution in [0.1, 0.15) is 33.1 Å². The first-order chi connectivity index (χ1) is 10.1. The van der Waals surface area contributed by atoms with Crippen molar-refractivity contribution in [3.63, 3.8) is 0 Å². The summed E-state index contributed by atoms with van der Waals surface area (Å²) < 4.78 is 10.8. The van der Waals surface area contributed by atoms with Crippen molar-refractivity contribution in [2.24, 2.45) is 0 Å². The van der Waals surface area contributed by atoms with E-state index < -0.39 is 35.7 Å². The van der Waals surface area contributed by atoms with Crippen LogP contribution in [0.25, 0.3) is 0 Å². The van der Waals surface area contributed by atoms with Crippen LogP contribution in [0.3, 0.4) is 0 Å². The fourth-order valence-corrected chi connectivity index (χ4v) is 3.40. The van der Waals surface area contributed by atoms with Crippen LogP contribution in [0.2, 0.25) is 0 Å². The minimum Gasteiger partial charge on any atom is -0.423 e. The van der Waals surface area contributed by atoms with Crippen LogP contribution in [-0.4, -0.2) is 56.1 Å². The van der Waals surface area contributed by atoms with Gasteiger partial charge in [0, 0.05) is 18.4 Å². The van der Waals surface area contributed by atoms with Gasteiger partial charge in [0.05, 0.1) is 23.9 Å². The van der Waals surface area contributed by atoms with Gasteiger partial charge >= 0.3 is 5.97 Å². The second-order valence-corrected chi connectivity index (χ2v) is 6.64. The van der Waals surface area contributed by atoms with Gasteiger partial charge in [0.2, 0.25) is 0 Å². The van der Waals surface area contributed by atoms with E-state index in [-0.39, 0.29) is 29.7 Å². The molecule has 0 radical (unpaired) electrons. The molecule has 0 saturated carbocycles. The van der Waals surface area contributed by atoms with E-state index in [9.17, 15) is 25.2 Å². The minimum absolute atomic E-state index is 0.0390. The van der Waals surface area contributed by atoms with Gasteiger partial charge in [-0.1, -0.05) is 0 Å². The molecule has 0 aromatic carbocycles. The van der Waals surface area contributed by atoms with Crippen LogP contribution in [-0.2, 0) is 14.3 Å². The number of hydrogen-bond acceptors (Lipinski definition) is 7. The summed E-state index contributed by atoms with van der Waals surface area (Å²) in [6.07, 6.45) is 0.592. The maximum atomic E-state index is 11.8. The molecule has 0 unspecified atom stereocenters. The molecule has 3 aliphatic rings. The third-order valence-electron chi connectivity index (χ3n) is 4.76. The highest BCUT2D eigenvalue weighted by Gasteiger charge is 2.57. The van der Waals surface area contributed by atoms with Crippen molar-refractivity contribution in [1.29, 1.82) is 0 Å². The van der Waals surface area contributed by atoms with Gasteiger partial charge in [0.1, 0.15) is 11.4 Å². The average Bonchev–Trinajstić information content (AvgIpc) is 2.87. The largest absolute Gasteiger partial charge is 0.423 e. The SMILES string of the molecule is C[C@@]12C=C3OC(=O)C(CO)=C3[C@H](O)C[C@@](C)(O)[C@](O)(CC1)O2. The Labute approximate surface area is 127 Å². The van der Waals surface area contributed by atoms with Gasteiger partial charge in [0.15, 0.2) is 5.79 Å². The zero-order valence-electron chi connectivity index (χ0n) is 12.5. The van der Waals surface area contributed by atoms with Crippen LogP contribution in [0, 0.1) is 0 Å². The van der Waals surface area contributed by atoms with Crippen molar-refractivity contribution in [3.8, 4) is 0 Å². The number of aliphatic hydroxyl groups excluding tert-OH is 2. The first-order valence-electron chi connectivity index (χ1n) is 7.23. The van der Waals surface area contributed by atoms with E-state index in [1.165, 1.54) is 13.0 Å². The average molecular weight is 312 g/mol. The molecule has 3 rings (SSSR count). The molecule has 122 valence electrons. The van der Waals surface area contributed by atoms with E-state index in [4.69, 9.17) is 9.47 Å². The van der Waals surface area contributed by atoms with E-state index in [2.05, 4.69) is 0 Å². The Morgan fingerprint density at radius 3 is 2.64 bits per heavy atom. The molecular weight excluding hydrogens is 292 g/mol. The number of esters is 1. The molecule has 4 atom stereocenters. The summed E-state index contributed by atoms with van der Waals surface area (Å²) in [5.74, 6) is -2.41. The molecule has 0 aliphatic carbocycles. The van der Waals surface area contributed by atoms with E-state index in [1.54, 1.807) is 6.92 Å². The molecule has 3 aliphatic heterocycles. The second-order valence-electron chi connectivity index (χ2n) is 6.64. The lowest BCUT2D eigenvalue weighted by atomic mass is 9.83. The lowest BCUT2D eigenvalue weighted by Crippen LogP contribution is -2.54. The van der Waals surface area contributed by atoms with Crippen molar-refractivity contribution in [1.82, 2.24) is 0 Å². The highest BCUT2D eigenvalue weighted by Crippen LogP contribution is 2.48. The molecule has 2 bridgehead atoms. The van der Waals surface area contributed by atoms with Crippen molar-refractivity contribution in [2.75, 3.05) is 6.61 Å². The summed E-state index contributed by atoms with van der Waals surface area (Å²) in [7, 11) is 0. The number of aliphatic hydroxyl groups is 4. The third kappa shape index (κ3) is 2.12. The third-order valence-corrected chi connectivity index (χ3v) is 4.76. The van der Waals surface area contributed by atoms with Crippen molar-refractivity contribution < 1.29 is 34.7 Å². The first kappa shape index (κ1) is 15.6. The second kappa shape index (κ2) is 4.62. The molecule has 0 spiro atoms. The van der Waals surface area contributed by atoms with Gasteiger partial charge in [-0.25, -0.2) is 4.79 Å². The fourth-order valence-electron chi connectivity index (χ4n) is 3.40. The molecular formula is C15H20O7. The quantitative estimate of drug-likeness (QED) is 0.482. The summed E-state index contributed by atoms with van der Waals surface area (Å²) >= 11 is 0. The molecule has 22 heavy (non-hydrogen) atoms. The van der Waals surface area contributed by atoms with Gasteiger partial charge < -0.3 is 29.9 Å². The molecule has 0 aromatic heterocycles. The van der Waals surface area contributed by atoms with Crippen molar-refractivity contribution in [3.05, 3.63) is 23.0 Å². The van der Waals surface area contributed by atoms with E-state index >= 15 is 0 Å². The first-order valence-corrected chi connectivity index (χ1v) is 7.23. The maximum absolute atomic E-state index is 11.8. The number of hydrogen-bond donors (Lipinski definition) is 4. The number of rotatable bonds is 1. The standard InChI is InChI=1S/C15H20O7/c1-13-3-4-15(20,22-13)14(2,19)5-9(17)11-8(7-16)12(18)21-10(11)6-13/h6,9,16-17,19-20H,3-5,7H2,1-2H3/t9-,13+,14-,15+/m1/s1. The van der Waals surface area contributed by atoms with Crippen LogP contribution in [0.4, 0.5) is 0 Å². The Bertz CT molecular complexity index is 591. The molecule has 7 heteroatoms. The molecule has 4 N–H and O–H groups in total. The number of carbonyl (C=O) groups excluding carboxylic acids is 1. The van der Waals surface area contributed by atoms with Gasteiger partial charge in [0.25, 0.3) is 0 Å². The lowest BCUT2D eigenvalue weighted by Gasteiger charge is -2.39. The molecule has 3 heterocycles. The Morgan fingerprint density at radius 2 is 2.00 bits per heavy atom. The molecule has 1 fully saturated rings. The molecule has 0 amide bonds. The van der Waals surface area contributed by atoms with E-state index in [0.717, 1.165) is 0 Å². The summed E-state index contributed by atoms with van der Waals surface area (Å²) in [5, 5.41) is 41.0. The Morgan fingerprint density at radius 1 is 1.32 bits per heavy atom. The summed E-state index contributed by atoms with van der Waals surface area (Å²) in [6.45, 7) is 2.50. The van der Waals surface area contributed by atoms with E-state index in [0.29, 0.717) is 6.42 Å². The van der Waals surface area contributed by atoms with Gasteiger partial charge in [-0.05, 0) is 26.3 Å². The van der Waals surface area contributed by atoms with Crippen LogP contribution >= 0.6 is 0 Å². The lowest BCUT2D eigenvalue weighted by molar-refractivity contribution is -0.297. The Balaban J connectivity index is 2.17. The smallest absolute Gasteiger partial charge is 0.342 e. The van der Waals surface area contributed by atoms with Gasteiger partial charge in [-0.15, -0.1) is 0 Å². The number of ether oxygens (including phenoxy) is 2. The Hall–Kier alpha value is -1.25. The topological polar surface area (TPSA) is 116 Å². The van der Waals surface area contributed by atoms with Gasteiger partial charge in [-0.3, -0.25) is 0 Å². The molecule has 7 nitrogen and oxygen atoms in total. The highest BCUT2D eigenvalue weighted by molar-refractivity contribution is 5.95. The minimum atomic E-state index is -1.80. The monoisotopic (exact) mass is 312 g/mol. The predicted octanol–water partition coefficient (Wildman–Crippen LogP) is -0.511. The number of carbonyl (C=O) groups is 1. The van der Waals surface area contributed by atoms with Crippen molar-refractivity contribution in [2.45, 2.75) is 56.2 Å². The van der Waals surface area contributed by atoms with Crippen LogP contribution in [0.15, 0.2) is 23.0 Å². The zero-order valence-corrected chi connectivity index (χ0v) is 12.5. The summed E-state index contributed by atoms with van der Waals surface area (Å²) in [6, 6.07) is 0. The summed E-state index contributed by atoms with van der Waals surface area (Å²) in [5.41, 5.74) is -2.57. The van der Waals surface area contributed by atoms with Crippen molar-refractivity contribution >= 4 is 5.97 Å². The molecule has 1 saturated heterocycles. The highest BCUT2D eigenvalue weighted by atomic mass is 16.7. The predicted molar refractivity (Wildman–Crippen MR) is 73.2 cm³/mol.